The summed E-state index contributed by atoms with van der Waals surface area (Å²) in [5, 5.41) is 18.2. The minimum Gasteiger partial charge on any atom is -0.354 e. The summed E-state index contributed by atoms with van der Waals surface area (Å²) in [4.78, 5) is 35.4. The van der Waals surface area contributed by atoms with Gasteiger partial charge in [-0.05, 0) is 30.7 Å². The third kappa shape index (κ3) is 5.83. The molecule has 0 radical (unpaired) electrons. The van der Waals surface area contributed by atoms with E-state index >= 15 is 0 Å². The molecular formula is C24H26N6O2. The van der Waals surface area contributed by atoms with Crippen LogP contribution >= 0.6 is 0 Å². The van der Waals surface area contributed by atoms with E-state index in [2.05, 4.69) is 17.1 Å². The Labute approximate surface area is 188 Å². The van der Waals surface area contributed by atoms with Crippen LogP contribution in [0.15, 0.2) is 48.7 Å². The quantitative estimate of drug-likeness (QED) is 0.669. The van der Waals surface area contributed by atoms with E-state index in [4.69, 9.17) is 5.26 Å². The molecule has 0 saturated carbocycles. The van der Waals surface area contributed by atoms with Crippen molar-refractivity contribution < 1.29 is 9.59 Å². The van der Waals surface area contributed by atoms with E-state index in [1.165, 1.54) is 0 Å². The van der Waals surface area contributed by atoms with Crippen molar-refractivity contribution in [2.24, 2.45) is 0 Å². The SMILES string of the molecule is N#CCCN(C(=O)CCC(=O)N1CCCN(c2ncccc2C#N)CC1)c1ccccc1. The number of aromatic nitrogens is 1. The monoisotopic (exact) mass is 430 g/mol. The number of pyridine rings is 1. The summed E-state index contributed by atoms with van der Waals surface area (Å²) in [5.74, 6) is 0.425. The molecule has 2 amide bonds. The zero-order chi connectivity index (χ0) is 22.8. The van der Waals surface area contributed by atoms with Crippen molar-refractivity contribution in [2.75, 3.05) is 42.5 Å². The molecule has 0 aliphatic carbocycles. The Bertz CT molecular complexity index is 1010. The van der Waals surface area contributed by atoms with E-state index in [1.807, 2.05) is 35.2 Å². The number of benzene rings is 1. The molecule has 164 valence electrons. The molecule has 2 aromatic rings. The van der Waals surface area contributed by atoms with Gasteiger partial charge in [-0.1, -0.05) is 18.2 Å². The van der Waals surface area contributed by atoms with Gasteiger partial charge in [-0.3, -0.25) is 9.59 Å². The van der Waals surface area contributed by atoms with E-state index in [0.29, 0.717) is 44.1 Å². The second-order valence-corrected chi connectivity index (χ2v) is 7.50. The molecule has 1 aromatic carbocycles. The Morgan fingerprint density at radius 3 is 2.56 bits per heavy atom. The molecule has 1 fully saturated rings. The second-order valence-electron chi connectivity index (χ2n) is 7.50. The third-order valence-corrected chi connectivity index (χ3v) is 5.42. The van der Waals surface area contributed by atoms with E-state index in [9.17, 15) is 14.9 Å². The van der Waals surface area contributed by atoms with Gasteiger partial charge in [0.15, 0.2) is 0 Å². The second kappa shape index (κ2) is 11.5. The maximum Gasteiger partial charge on any atom is 0.227 e. The number of carbonyl (C=O) groups excluding carboxylic acids is 2. The Kier molecular flexibility index (Phi) is 8.16. The highest BCUT2D eigenvalue weighted by Gasteiger charge is 2.23. The van der Waals surface area contributed by atoms with Crippen molar-refractivity contribution in [1.82, 2.24) is 9.88 Å². The first-order valence-corrected chi connectivity index (χ1v) is 10.7. The van der Waals surface area contributed by atoms with Crippen molar-refractivity contribution in [2.45, 2.75) is 25.7 Å². The molecule has 32 heavy (non-hydrogen) atoms. The summed E-state index contributed by atoms with van der Waals surface area (Å²) in [6, 6.07) is 16.9. The van der Waals surface area contributed by atoms with Crippen LogP contribution in [0.4, 0.5) is 11.5 Å². The largest absolute Gasteiger partial charge is 0.354 e. The number of nitrogens with zero attached hydrogens (tertiary/aromatic N) is 6. The highest BCUT2D eigenvalue weighted by Crippen LogP contribution is 2.19. The molecule has 0 spiro atoms. The van der Waals surface area contributed by atoms with Gasteiger partial charge in [-0.2, -0.15) is 10.5 Å². The lowest BCUT2D eigenvalue weighted by atomic mass is 10.2. The topological polar surface area (TPSA) is 104 Å². The fraction of sp³-hybridized carbons (Fsp3) is 0.375. The Balaban J connectivity index is 1.57. The van der Waals surface area contributed by atoms with Crippen LogP contribution in [-0.2, 0) is 9.59 Å². The molecule has 8 heteroatoms. The lowest BCUT2D eigenvalue weighted by molar-refractivity contribution is -0.133. The number of hydrogen-bond donors (Lipinski definition) is 0. The Morgan fingerprint density at radius 2 is 1.81 bits per heavy atom. The predicted molar refractivity (Wildman–Crippen MR) is 121 cm³/mol. The van der Waals surface area contributed by atoms with Crippen LogP contribution in [0.2, 0.25) is 0 Å². The van der Waals surface area contributed by atoms with Gasteiger partial charge in [0.05, 0.1) is 18.1 Å². The van der Waals surface area contributed by atoms with Crippen molar-refractivity contribution >= 4 is 23.3 Å². The van der Waals surface area contributed by atoms with Crippen molar-refractivity contribution in [3.05, 3.63) is 54.2 Å². The number of anilines is 2. The number of amides is 2. The van der Waals surface area contributed by atoms with Crippen molar-refractivity contribution in [1.29, 1.82) is 10.5 Å². The van der Waals surface area contributed by atoms with Gasteiger partial charge in [0.2, 0.25) is 11.8 Å². The molecule has 8 nitrogen and oxygen atoms in total. The number of rotatable bonds is 7. The summed E-state index contributed by atoms with van der Waals surface area (Å²) < 4.78 is 0. The number of para-hydroxylation sites is 1. The number of hydrogen-bond acceptors (Lipinski definition) is 6. The summed E-state index contributed by atoms with van der Waals surface area (Å²) >= 11 is 0. The average Bonchev–Trinajstić information content (AvgIpc) is 3.10. The van der Waals surface area contributed by atoms with Crippen LogP contribution < -0.4 is 9.80 Å². The van der Waals surface area contributed by atoms with Gasteiger partial charge in [0, 0.05) is 57.4 Å². The number of carbonyl (C=O) groups is 2. The maximum absolute atomic E-state index is 12.8. The van der Waals surface area contributed by atoms with Gasteiger partial charge < -0.3 is 14.7 Å². The van der Waals surface area contributed by atoms with Crippen LogP contribution in [0.5, 0.6) is 0 Å². The molecule has 0 bridgehead atoms. The fourth-order valence-electron chi connectivity index (χ4n) is 3.79. The normalized spacial score (nSPS) is 13.6. The lowest BCUT2D eigenvalue weighted by Crippen LogP contribution is -2.37. The van der Waals surface area contributed by atoms with Crippen LogP contribution in [-0.4, -0.2) is 54.4 Å². The minimum atomic E-state index is -0.164. The Hall–Kier alpha value is -3.91. The third-order valence-electron chi connectivity index (χ3n) is 5.42. The average molecular weight is 431 g/mol. The first-order chi connectivity index (χ1) is 15.6. The van der Waals surface area contributed by atoms with Gasteiger partial charge >= 0.3 is 0 Å². The number of nitriles is 2. The zero-order valence-electron chi connectivity index (χ0n) is 18.0. The van der Waals surface area contributed by atoms with Crippen LogP contribution in [0.1, 0.15) is 31.2 Å². The van der Waals surface area contributed by atoms with E-state index in [-0.39, 0.29) is 31.1 Å². The first-order valence-electron chi connectivity index (χ1n) is 10.7. The molecule has 1 aliphatic heterocycles. The van der Waals surface area contributed by atoms with Gasteiger partial charge in [-0.25, -0.2) is 4.98 Å². The molecule has 1 aliphatic rings. The molecule has 2 heterocycles. The molecule has 1 aromatic heterocycles. The van der Waals surface area contributed by atoms with Crippen LogP contribution in [0.25, 0.3) is 0 Å². The van der Waals surface area contributed by atoms with Crippen molar-refractivity contribution in [3.63, 3.8) is 0 Å². The highest BCUT2D eigenvalue weighted by atomic mass is 16.2. The zero-order valence-corrected chi connectivity index (χ0v) is 18.0. The lowest BCUT2D eigenvalue weighted by Gasteiger charge is -2.24. The van der Waals surface area contributed by atoms with E-state index < -0.39 is 0 Å². The summed E-state index contributed by atoms with van der Waals surface area (Å²) in [7, 11) is 0. The van der Waals surface area contributed by atoms with Gasteiger partial charge in [-0.15, -0.1) is 0 Å². The molecule has 1 saturated heterocycles. The van der Waals surface area contributed by atoms with Crippen molar-refractivity contribution in [3.8, 4) is 12.1 Å². The molecule has 0 atom stereocenters. The summed E-state index contributed by atoms with van der Waals surface area (Å²) in [6.07, 6.45) is 2.88. The van der Waals surface area contributed by atoms with Gasteiger partial charge in [0.1, 0.15) is 11.9 Å². The predicted octanol–water partition coefficient (Wildman–Crippen LogP) is 2.72. The molecular weight excluding hydrogens is 404 g/mol. The smallest absolute Gasteiger partial charge is 0.227 e. The maximum atomic E-state index is 12.8. The standard InChI is InChI=1S/C24H26N6O2/c25-12-5-16-30(21-8-2-1-3-9-21)23(32)11-10-22(31)28-14-6-15-29(18-17-28)24-20(19-26)7-4-13-27-24/h1-4,7-9,13H,5-6,10-11,14-18H2. The van der Waals surface area contributed by atoms with Crippen LogP contribution in [0, 0.1) is 22.7 Å². The summed E-state index contributed by atoms with van der Waals surface area (Å²) in [6.45, 7) is 2.73. The molecule has 0 unspecified atom stereocenters. The van der Waals surface area contributed by atoms with E-state index in [0.717, 1.165) is 12.1 Å². The van der Waals surface area contributed by atoms with Crippen LogP contribution in [0.3, 0.4) is 0 Å². The van der Waals surface area contributed by atoms with E-state index in [1.54, 1.807) is 28.1 Å². The fourth-order valence-corrected chi connectivity index (χ4v) is 3.79. The summed E-state index contributed by atoms with van der Waals surface area (Å²) in [5.41, 5.74) is 1.26. The van der Waals surface area contributed by atoms with Gasteiger partial charge in [0.25, 0.3) is 0 Å². The molecule has 3 rings (SSSR count). The molecule has 0 N–H and O–H groups in total. The first kappa shape index (κ1) is 22.8. The highest BCUT2D eigenvalue weighted by molar-refractivity contribution is 5.95. The Morgan fingerprint density at radius 1 is 1.00 bits per heavy atom. The minimum absolute atomic E-state index is 0.0602.